The van der Waals surface area contributed by atoms with E-state index in [0.717, 1.165) is 25.9 Å². The van der Waals surface area contributed by atoms with Gasteiger partial charge < -0.3 is 10.5 Å². The molecule has 1 rings (SSSR count). The lowest BCUT2D eigenvalue weighted by atomic mass is 10.1. The first kappa shape index (κ1) is 12.2. The molecule has 2 N–H and O–H groups in total. The van der Waals surface area contributed by atoms with Gasteiger partial charge in [-0.1, -0.05) is 43.7 Å². The lowest BCUT2D eigenvalue weighted by Gasteiger charge is -2.10. The minimum Gasteiger partial charge on any atom is -0.377 e. The van der Waals surface area contributed by atoms with Gasteiger partial charge >= 0.3 is 0 Å². The molecule has 15 heavy (non-hydrogen) atoms. The molecule has 1 radical (unpaired) electrons. The Morgan fingerprint density at radius 1 is 1.20 bits per heavy atom. The number of rotatable bonds is 7. The van der Waals surface area contributed by atoms with Crippen molar-refractivity contribution in [3.05, 3.63) is 42.8 Å². The molecular weight excluding hydrogens is 186 g/mol. The van der Waals surface area contributed by atoms with E-state index in [4.69, 9.17) is 10.5 Å². The second kappa shape index (κ2) is 7.43. The zero-order valence-electron chi connectivity index (χ0n) is 9.19. The number of ether oxygens (including phenoxy) is 1. The number of hydrogen-bond donors (Lipinski definition) is 1. The van der Waals surface area contributed by atoms with Gasteiger partial charge in [-0.05, 0) is 18.4 Å². The van der Waals surface area contributed by atoms with Crippen LogP contribution in [0.3, 0.4) is 0 Å². The maximum Gasteiger partial charge on any atom is 0.0716 e. The molecule has 1 aromatic carbocycles. The van der Waals surface area contributed by atoms with Crippen molar-refractivity contribution in [2.24, 2.45) is 5.73 Å². The van der Waals surface area contributed by atoms with Crippen molar-refractivity contribution in [3.63, 3.8) is 0 Å². The highest BCUT2D eigenvalue weighted by Crippen LogP contribution is 2.03. The highest BCUT2D eigenvalue weighted by molar-refractivity contribution is 5.13. The second-order valence-corrected chi connectivity index (χ2v) is 3.73. The Morgan fingerprint density at radius 2 is 1.93 bits per heavy atom. The van der Waals surface area contributed by atoms with E-state index >= 15 is 0 Å². The molecule has 1 unspecified atom stereocenters. The molecule has 2 heteroatoms. The highest BCUT2D eigenvalue weighted by Gasteiger charge is 2.00. The predicted octanol–water partition coefficient (Wildman–Crippen LogP) is 2.53. The van der Waals surface area contributed by atoms with Crippen LogP contribution >= 0.6 is 0 Å². The van der Waals surface area contributed by atoms with Crippen LogP contribution in [0.25, 0.3) is 0 Å². The molecule has 0 amide bonds. The third-order valence-corrected chi connectivity index (χ3v) is 2.32. The van der Waals surface area contributed by atoms with Crippen molar-refractivity contribution in [1.29, 1.82) is 0 Å². The summed E-state index contributed by atoms with van der Waals surface area (Å²) in [7, 11) is 0. The number of nitrogens with two attached hydrogens (primary N) is 1. The van der Waals surface area contributed by atoms with Crippen molar-refractivity contribution >= 4 is 0 Å². The second-order valence-electron chi connectivity index (χ2n) is 3.73. The van der Waals surface area contributed by atoms with Crippen LogP contribution in [0.4, 0.5) is 0 Å². The average Bonchev–Trinajstić information content (AvgIpc) is 2.26. The fourth-order valence-corrected chi connectivity index (χ4v) is 1.41. The van der Waals surface area contributed by atoms with Gasteiger partial charge in [-0.2, -0.15) is 0 Å². The van der Waals surface area contributed by atoms with Crippen molar-refractivity contribution in [3.8, 4) is 0 Å². The molecule has 0 aliphatic heterocycles. The zero-order valence-corrected chi connectivity index (χ0v) is 9.19. The third kappa shape index (κ3) is 5.55. The summed E-state index contributed by atoms with van der Waals surface area (Å²) < 4.78 is 5.54. The molecular formula is C13H20NO. The largest absolute Gasteiger partial charge is 0.377 e. The summed E-state index contributed by atoms with van der Waals surface area (Å²) in [5.74, 6) is 0. The summed E-state index contributed by atoms with van der Waals surface area (Å²) in [6.07, 6.45) is 2.80. The van der Waals surface area contributed by atoms with Crippen LogP contribution in [0.5, 0.6) is 0 Å². The lowest BCUT2D eigenvalue weighted by Crippen LogP contribution is -2.21. The molecule has 0 aromatic heterocycles. The SMILES string of the molecule is [CH2]CCC(N)CCOCc1ccccc1. The standard InChI is InChI=1S/C13H20NO/c1-2-6-13(14)9-10-15-11-12-7-4-3-5-8-12/h3-5,7-8,13H,1-2,6,9-11,14H2. The van der Waals surface area contributed by atoms with E-state index in [2.05, 4.69) is 19.1 Å². The molecule has 83 valence electrons. The van der Waals surface area contributed by atoms with Gasteiger partial charge in [0.15, 0.2) is 0 Å². The fourth-order valence-electron chi connectivity index (χ4n) is 1.41. The Labute approximate surface area is 92.4 Å². The quantitative estimate of drug-likeness (QED) is 0.696. The molecule has 0 saturated carbocycles. The predicted molar refractivity (Wildman–Crippen MR) is 63.3 cm³/mol. The van der Waals surface area contributed by atoms with E-state index in [1.165, 1.54) is 5.56 Å². The van der Waals surface area contributed by atoms with Crippen LogP contribution in [-0.4, -0.2) is 12.6 Å². The van der Waals surface area contributed by atoms with Gasteiger partial charge in [0.05, 0.1) is 6.61 Å². The van der Waals surface area contributed by atoms with E-state index in [1.54, 1.807) is 0 Å². The smallest absolute Gasteiger partial charge is 0.0716 e. The Morgan fingerprint density at radius 3 is 2.60 bits per heavy atom. The Hall–Kier alpha value is -0.860. The topological polar surface area (TPSA) is 35.2 Å². The van der Waals surface area contributed by atoms with Crippen molar-refractivity contribution in [1.82, 2.24) is 0 Å². The summed E-state index contributed by atoms with van der Waals surface area (Å²) in [6, 6.07) is 10.4. The molecule has 0 fully saturated rings. The Kier molecular flexibility index (Phi) is 6.05. The molecule has 1 aromatic rings. The first-order chi connectivity index (χ1) is 7.33. The molecule has 0 aliphatic carbocycles. The van der Waals surface area contributed by atoms with Gasteiger partial charge in [-0.15, -0.1) is 0 Å². The Bertz CT molecular complexity index is 248. The van der Waals surface area contributed by atoms with E-state index in [-0.39, 0.29) is 6.04 Å². The van der Waals surface area contributed by atoms with Crippen molar-refractivity contribution < 1.29 is 4.74 Å². The summed E-state index contributed by atoms with van der Waals surface area (Å²) in [6.45, 7) is 5.19. The van der Waals surface area contributed by atoms with Crippen molar-refractivity contribution in [2.45, 2.75) is 31.9 Å². The minimum atomic E-state index is 0.235. The summed E-state index contributed by atoms with van der Waals surface area (Å²) >= 11 is 0. The van der Waals surface area contributed by atoms with Gasteiger partial charge in [0.1, 0.15) is 0 Å². The molecule has 1 atom stereocenters. The number of hydrogen-bond acceptors (Lipinski definition) is 2. The highest BCUT2D eigenvalue weighted by atomic mass is 16.5. The van der Waals surface area contributed by atoms with Gasteiger partial charge in [0, 0.05) is 12.6 Å². The van der Waals surface area contributed by atoms with Gasteiger partial charge in [0.2, 0.25) is 0 Å². The lowest BCUT2D eigenvalue weighted by molar-refractivity contribution is 0.113. The van der Waals surface area contributed by atoms with Gasteiger partial charge in [-0.3, -0.25) is 0 Å². The summed E-state index contributed by atoms with van der Waals surface area (Å²) in [5.41, 5.74) is 7.05. The van der Waals surface area contributed by atoms with Gasteiger partial charge in [0.25, 0.3) is 0 Å². The number of benzene rings is 1. The molecule has 2 nitrogen and oxygen atoms in total. The minimum absolute atomic E-state index is 0.235. The average molecular weight is 206 g/mol. The fraction of sp³-hybridized carbons (Fsp3) is 0.462. The van der Waals surface area contributed by atoms with Crippen LogP contribution < -0.4 is 5.73 Å². The third-order valence-electron chi connectivity index (χ3n) is 2.32. The van der Waals surface area contributed by atoms with Crippen LogP contribution in [0.2, 0.25) is 0 Å². The first-order valence-electron chi connectivity index (χ1n) is 5.49. The van der Waals surface area contributed by atoms with Crippen LogP contribution in [0.1, 0.15) is 24.8 Å². The van der Waals surface area contributed by atoms with Crippen LogP contribution in [0, 0.1) is 6.92 Å². The van der Waals surface area contributed by atoms with E-state index in [1.807, 2.05) is 18.2 Å². The Balaban J connectivity index is 2.07. The van der Waals surface area contributed by atoms with Crippen LogP contribution in [0.15, 0.2) is 30.3 Å². The van der Waals surface area contributed by atoms with E-state index in [9.17, 15) is 0 Å². The summed E-state index contributed by atoms with van der Waals surface area (Å²) in [5, 5.41) is 0. The van der Waals surface area contributed by atoms with E-state index < -0.39 is 0 Å². The maximum absolute atomic E-state index is 5.84. The maximum atomic E-state index is 5.84. The van der Waals surface area contributed by atoms with Crippen LogP contribution in [-0.2, 0) is 11.3 Å². The molecule has 0 spiro atoms. The molecule has 0 aliphatic rings. The zero-order chi connectivity index (χ0) is 10.9. The normalized spacial score (nSPS) is 12.7. The van der Waals surface area contributed by atoms with Gasteiger partial charge in [-0.25, -0.2) is 0 Å². The van der Waals surface area contributed by atoms with E-state index in [0.29, 0.717) is 6.61 Å². The first-order valence-corrected chi connectivity index (χ1v) is 5.49. The molecule has 0 heterocycles. The molecule has 0 saturated heterocycles. The molecule has 0 bridgehead atoms. The monoisotopic (exact) mass is 206 g/mol. The van der Waals surface area contributed by atoms with Crippen molar-refractivity contribution in [2.75, 3.05) is 6.61 Å². The summed E-state index contributed by atoms with van der Waals surface area (Å²) in [4.78, 5) is 0.